The second-order valence-electron chi connectivity index (χ2n) is 20.2. The lowest BCUT2D eigenvalue weighted by atomic mass is 9.85. The Morgan fingerprint density at radius 1 is 1.11 bits per heavy atom. The summed E-state index contributed by atoms with van der Waals surface area (Å²) in [7, 11) is -2.10. The number of ether oxygens (including phenoxy) is 3. The normalized spacial score (nSPS) is 27.5. The number of rotatable bonds is 13. The molecule has 2 aromatic heterocycles. The van der Waals surface area contributed by atoms with Crippen LogP contribution in [0.2, 0.25) is 0 Å². The van der Waals surface area contributed by atoms with Crippen molar-refractivity contribution >= 4 is 44.7 Å². The molecule has 1 saturated heterocycles. The first-order valence-electron chi connectivity index (χ1n) is 23.1. The molecule has 4 fully saturated rings. The van der Waals surface area contributed by atoms with Crippen LogP contribution in [-0.4, -0.2) is 124 Å². The summed E-state index contributed by atoms with van der Waals surface area (Å²) in [6.45, 7) is 12.2. The predicted molar refractivity (Wildman–Crippen MR) is 243 cm³/mol. The molecule has 3 aliphatic carbocycles. The number of aromatic nitrogens is 4. The Kier molecular flexibility index (Phi) is 13.0. The summed E-state index contributed by atoms with van der Waals surface area (Å²) >= 11 is 0. The van der Waals surface area contributed by atoms with Crippen molar-refractivity contribution in [3.63, 3.8) is 0 Å². The number of pyridine rings is 1. The zero-order chi connectivity index (χ0) is 47.2. The molecule has 3 saturated carbocycles. The quantitative estimate of drug-likeness (QED) is 0.122. The number of amides is 4. The highest BCUT2D eigenvalue weighted by molar-refractivity contribution is 7.91. The molecule has 2 bridgehead atoms. The van der Waals surface area contributed by atoms with Crippen molar-refractivity contribution in [1.29, 1.82) is 0 Å². The van der Waals surface area contributed by atoms with Gasteiger partial charge in [-0.25, -0.2) is 28.1 Å². The summed E-state index contributed by atoms with van der Waals surface area (Å²) in [5, 5.41) is 12.9. The van der Waals surface area contributed by atoms with Crippen molar-refractivity contribution in [2.75, 3.05) is 26.7 Å². The van der Waals surface area contributed by atoms with Crippen LogP contribution in [0.4, 0.5) is 4.79 Å². The maximum Gasteiger partial charge on any atom is 0.408 e. The average Bonchev–Trinajstić information content (AvgIpc) is 4.21. The number of hydrogen-bond acceptors (Lipinski definition) is 13. The number of benzene rings is 1. The van der Waals surface area contributed by atoms with Gasteiger partial charge in [-0.1, -0.05) is 51.8 Å². The highest BCUT2D eigenvalue weighted by Crippen LogP contribution is 2.47. The van der Waals surface area contributed by atoms with Crippen LogP contribution in [0.1, 0.15) is 103 Å². The summed E-state index contributed by atoms with van der Waals surface area (Å²) < 4.78 is 46.9. The summed E-state index contributed by atoms with van der Waals surface area (Å²) in [6, 6.07) is 5.34. The number of alkyl carbamates (subject to hydrolysis) is 1. The van der Waals surface area contributed by atoms with Crippen LogP contribution in [0.5, 0.6) is 11.6 Å². The van der Waals surface area contributed by atoms with Gasteiger partial charge in [-0.2, -0.15) is 5.10 Å². The van der Waals surface area contributed by atoms with Crippen LogP contribution in [0.3, 0.4) is 0 Å². The number of aromatic amines is 2. The summed E-state index contributed by atoms with van der Waals surface area (Å²) in [5.41, 5.74) is -1.39. The van der Waals surface area contributed by atoms with E-state index in [2.05, 4.69) is 37.1 Å². The van der Waals surface area contributed by atoms with E-state index in [9.17, 15) is 32.4 Å². The number of nitrogens with one attached hydrogen (secondary N) is 5. The Balaban J connectivity index is 1.10. The van der Waals surface area contributed by atoms with Crippen molar-refractivity contribution in [1.82, 2.24) is 45.3 Å². The third-order valence-corrected chi connectivity index (χ3v) is 16.0. The largest absolute Gasteiger partial charge is 0.492 e. The Bertz CT molecular complexity index is 2530. The zero-order valence-corrected chi connectivity index (χ0v) is 39.3. The SMILES string of the molecule is C=C[C@@H]1C[C@]1(NC(=O)[C@@H]1C[C@@H]2CN1C(=O)[C@H](C(C)(C)C)NC(=O)O[C@@H]1C[C@H]1CCCCCc1c(nc3ccccc3c1OCCCN(C)Cc1n[nH]c(=O)[nH]1)O2)C(=O)NS(=O)(=O)C1(C)CC1. The lowest BCUT2D eigenvalue weighted by molar-refractivity contribution is -0.142. The molecule has 358 valence electrons. The first-order valence-corrected chi connectivity index (χ1v) is 24.6. The number of sulfonamides is 1. The van der Waals surface area contributed by atoms with Gasteiger partial charge in [-0.3, -0.25) is 29.0 Å². The van der Waals surface area contributed by atoms with E-state index >= 15 is 0 Å². The van der Waals surface area contributed by atoms with Gasteiger partial charge in [-0.15, -0.1) is 6.58 Å². The minimum atomic E-state index is -4.03. The maximum absolute atomic E-state index is 14.9. The van der Waals surface area contributed by atoms with Gasteiger partial charge in [0.2, 0.25) is 27.7 Å². The third kappa shape index (κ3) is 10.1. The second-order valence-corrected chi connectivity index (χ2v) is 22.4. The van der Waals surface area contributed by atoms with Gasteiger partial charge in [0.05, 0.1) is 35.5 Å². The van der Waals surface area contributed by atoms with Crippen molar-refractivity contribution < 1.29 is 41.8 Å². The Morgan fingerprint density at radius 3 is 2.58 bits per heavy atom. The number of nitrogens with zero attached hydrogens (tertiary/aromatic N) is 4. The van der Waals surface area contributed by atoms with Gasteiger partial charge in [0.25, 0.3) is 5.91 Å². The van der Waals surface area contributed by atoms with Crippen LogP contribution >= 0.6 is 0 Å². The van der Waals surface area contributed by atoms with Crippen molar-refractivity contribution in [2.45, 2.75) is 139 Å². The van der Waals surface area contributed by atoms with Crippen LogP contribution in [-0.2, 0) is 42.1 Å². The van der Waals surface area contributed by atoms with Gasteiger partial charge in [0.1, 0.15) is 41.4 Å². The molecular weight excluding hydrogens is 871 g/mol. The van der Waals surface area contributed by atoms with Crippen LogP contribution in [0, 0.1) is 17.3 Å². The molecule has 20 heteroatoms. The molecule has 19 nitrogen and oxygen atoms in total. The van der Waals surface area contributed by atoms with E-state index in [-0.39, 0.29) is 37.1 Å². The Labute approximate surface area is 384 Å². The number of H-pyrrole nitrogens is 2. The molecule has 3 aromatic rings. The van der Waals surface area contributed by atoms with E-state index in [0.29, 0.717) is 68.4 Å². The molecule has 1 aromatic carbocycles. The molecule has 8 rings (SSSR count). The second kappa shape index (κ2) is 18.3. The molecule has 4 amide bonds. The molecule has 66 heavy (non-hydrogen) atoms. The first-order chi connectivity index (χ1) is 31.3. The first kappa shape index (κ1) is 47.0. The minimum absolute atomic E-state index is 0.00675. The summed E-state index contributed by atoms with van der Waals surface area (Å²) in [5.74, 6) is -0.923. The molecule has 5 aliphatic rings. The molecule has 0 radical (unpaired) electrons. The van der Waals surface area contributed by atoms with Gasteiger partial charge in [0.15, 0.2) is 0 Å². The van der Waals surface area contributed by atoms with Crippen LogP contribution < -0.4 is 30.5 Å². The van der Waals surface area contributed by atoms with E-state index in [1.165, 1.54) is 11.0 Å². The smallest absolute Gasteiger partial charge is 0.408 e. The van der Waals surface area contributed by atoms with Gasteiger partial charge in [0, 0.05) is 24.3 Å². The highest BCUT2D eigenvalue weighted by Gasteiger charge is 2.63. The zero-order valence-electron chi connectivity index (χ0n) is 38.4. The van der Waals surface area contributed by atoms with Gasteiger partial charge < -0.3 is 29.7 Å². The maximum atomic E-state index is 14.9. The van der Waals surface area contributed by atoms with E-state index in [4.69, 9.17) is 19.2 Å². The molecule has 4 heterocycles. The van der Waals surface area contributed by atoms with Crippen LogP contribution in [0.15, 0.2) is 41.7 Å². The molecule has 0 spiro atoms. The van der Waals surface area contributed by atoms with Gasteiger partial charge >= 0.3 is 11.8 Å². The fourth-order valence-corrected chi connectivity index (χ4v) is 10.5. The molecule has 7 atom stereocenters. The Hall–Kier alpha value is -5.50. The summed E-state index contributed by atoms with van der Waals surface area (Å²) in [4.78, 5) is 79.5. The fourth-order valence-electron chi connectivity index (χ4n) is 9.21. The Morgan fingerprint density at radius 2 is 1.88 bits per heavy atom. The average molecular weight is 934 g/mol. The standard InChI is InChI=1S/C46H63N9O10S/c1-7-28-24-46(28,41(58)53-66(61,62)45(5)18-19-45)50-38(56)33-23-29-25-55(33)40(57)37(44(2,3)4)49-43(60)65-34-22-27(34)14-9-8-10-16-31-36(30-15-11-12-17-32(30)47-39(31)64-29)63-21-13-20-54(6)26-35-48-42(59)52-51-35/h7,11-12,15,17,27-29,33-34,37H,1,8-10,13-14,16,18-26H2,2-6H3,(H,49,60)(H,50,56)(H,53,58)(H2,48,51,52,59)/t27-,28-,29-,33+,34-,37-,46-/m1/s1. The molecule has 5 N–H and O–H groups in total. The van der Waals surface area contributed by atoms with Crippen molar-refractivity contribution in [2.24, 2.45) is 17.3 Å². The van der Waals surface area contributed by atoms with Crippen molar-refractivity contribution in [3.05, 3.63) is 58.8 Å². The minimum Gasteiger partial charge on any atom is -0.492 e. The number of para-hydroxylation sites is 1. The number of carbonyl (C=O) groups excluding carboxylic acids is 4. The summed E-state index contributed by atoms with van der Waals surface area (Å²) in [6.07, 6.45) is 6.13. The lowest BCUT2D eigenvalue weighted by Crippen LogP contribution is -2.60. The number of carbonyl (C=O) groups is 4. The fraction of sp³-hybridized carbons (Fsp3) is 0.630. The van der Waals surface area contributed by atoms with E-state index in [1.807, 2.05) is 57.0 Å². The van der Waals surface area contributed by atoms with Crippen molar-refractivity contribution in [3.8, 4) is 11.6 Å². The molecule has 2 aliphatic heterocycles. The van der Waals surface area contributed by atoms with E-state index in [0.717, 1.165) is 43.1 Å². The predicted octanol–water partition coefficient (Wildman–Crippen LogP) is 3.60. The number of hydrogen-bond donors (Lipinski definition) is 5. The third-order valence-electron chi connectivity index (χ3n) is 13.8. The van der Waals surface area contributed by atoms with E-state index < -0.39 is 73.6 Å². The molecule has 0 unspecified atom stereocenters. The topological polar surface area (TPSA) is 247 Å². The monoisotopic (exact) mass is 933 g/mol. The number of fused-ring (bicyclic) bond motifs is 5. The van der Waals surface area contributed by atoms with Crippen LogP contribution in [0.25, 0.3) is 10.9 Å². The lowest BCUT2D eigenvalue weighted by Gasteiger charge is -2.35. The van der Waals surface area contributed by atoms with Gasteiger partial charge in [-0.05, 0) is 88.8 Å². The molecular formula is C46H63N9O10S. The van der Waals surface area contributed by atoms with E-state index in [1.54, 1.807) is 6.92 Å². The highest BCUT2D eigenvalue weighted by atomic mass is 32.2.